The molecule has 6 heterocycles. The monoisotopic (exact) mass is 1470 g/mol. The van der Waals surface area contributed by atoms with Crippen LogP contribution in [0.1, 0.15) is 6.92 Å². The van der Waals surface area contributed by atoms with E-state index < -0.39 is 31.8 Å². The Bertz CT molecular complexity index is 4520. The summed E-state index contributed by atoms with van der Waals surface area (Å²) in [6.45, 7) is 1.43. The van der Waals surface area contributed by atoms with Gasteiger partial charge in [0.05, 0.1) is 95.6 Å². The number of hydrogen-bond donors (Lipinski definition) is 1. The first kappa shape index (κ1) is 77.5. The standard InChI is InChI=1S/C17H15Cl2N3O5S.C16H12Cl3N3O3.C16H13Cl2N3O4.C2H3N.Cl3OP.K.H2O/c1-22-15-8(7-20-17(21-15)28(4,24)25)5-9(16(22)23)12-13(18)10(26-2)6-11(27-3)14(12)19;1-22-14-7(6-20-16(19)21-14)4-8(15(22)23)11-12(17)9(24-2)5-10(25-3)13(11)18;1-21-14-7(6-19-16(23)20-14)4-8(15(21)22)11-12(17)9(24-2)5-10(25-3)13(11)18;1-2-3;1-5(2,3)4;;/h5-7H,1-4H3;4-6H,1-3H3;4-6H,1-3H3,(H,19,20,23);1H3;;;1H2/q;;;;;+1;/p-1. The van der Waals surface area contributed by atoms with Crippen molar-refractivity contribution in [2.45, 2.75) is 12.1 Å². The van der Waals surface area contributed by atoms with Gasteiger partial charge < -0.3 is 33.9 Å². The summed E-state index contributed by atoms with van der Waals surface area (Å²) >= 11 is 58.1. The van der Waals surface area contributed by atoms with Crippen LogP contribution < -0.4 is 102 Å². The summed E-state index contributed by atoms with van der Waals surface area (Å²) in [6.07, 6.45) is 5.20. The Hall–Kier alpha value is -4.70. The molecule has 0 radical (unpaired) electrons. The maximum absolute atomic E-state index is 13.0. The van der Waals surface area contributed by atoms with Crippen molar-refractivity contribution in [3.63, 3.8) is 0 Å². The summed E-state index contributed by atoms with van der Waals surface area (Å²) in [6, 6.07) is 11.0. The molecule has 88 heavy (non-hydrogen) atoms. The van der Waals surface area contributed by atoms with Gasteiger partial charge in [0.25, 0.3) is 16.7 Å². The van der Waals surface area contributed by atoms with Gasteiger partial charge in [0.2, 0.25) is 20.3 Å². The first-order valence-electron chi connectivity index (χ1n) is 23.3. The number of nitrogens with one attached hydrogen (secondary N) is 1. The van der Waals surface area contributed by atoms with Crippen molar-refractivity contribution in [2.24, 2.45) is 21.1 Å². The summed E-state index contributed by atoms with van der Waals surface area (Å²) in [5.41, 5.74) is 0.633. The second kappa shape index (κ2) is 33.0. The van der Waals surface area contributed by atoms with Crippen LogP contribution in [0.2, 0.25) is 35.4 Å². The molecule has 9 aromatic rings. The number of fused-ring (bicyclic) bond motifs is 3. The van der Waals surface area contributed by atoms with E-state index in [2.05, 4.69) is 63.6 Å². The van der Waals surface area contributed by atoms with E-state index in [0.717, 1.165) is 6.26 Å². The van der Waals surface area contributed by atoms with Gasteiger partial charge in [-0.25, -0.2) is 28.2 Å². The molecule has 0 unspecified atom stereocenters. The van der Waals surface area contributed by atoms with E-state index in [1.807, 2.05) is 0 Å². The molecule has 0 aliphatic heterocycles. The van der Waals surface area contributed by atoms with E-state index in [0.29, 0.717) is 56.0 Å². The zero-order valence-corrected chi connectivity index (χ0v) is 60.0. The Morgan fingerprint density at radius 2 is 0.807 bits per heavy atom. The number of nitrogens with zero attached hydrogens (tertiary/aromatic N) is 9. The number of rotatable bonds is 10. The van der Waals surface area contributed by atoms with Crippen LogP contribution in [0, 0.1) is 11.3 Å². The second-order valence-electron chi connectivity index (χ2n) is 16.9. The van der Waals surface area contributed by atoms with Gasteiger partial charge in [0.15, 0.2) is 0 Å². The van der Waals surface area contributed by atoms with E-state index in [1.165, 1.54) is 108 Å². The average molecular weight is 1480 g/mol. The molecular formula is C51H44Cl10KN10O14PS. The molecule has 0 atom stereocenters. The van der Waals surface area contributed by atoms with Crippen molar-refractivity contribution < 1.29 is 98.3 Å². The zero-order valence-electron chi connectivity index (χ0n) is 47.6. The predicted octanol–water partition coefficient (Wildman–Crippen LogP) is 9.48. The van der Waals surface area contributed by atoms with Crippen LogP contribution in [0.4, 0.5) is 0 Å². The number of benzene rings is 3. The number of aryl methyl sites for hydroxylation is 3. The number of ether oxygens (including phenoxy) is 6. The maximum Gasteiger partial charge on any atom is 1.00 e. The fourth-order valence-electron chi connectivity index (χ4n) is 7.82. The second-order valence-corrected chi connectivity index (χ2v) is 28.0. The topological polar surface area (TPSA) is 324 Å². The largest absolute Gasteiger partial charge is 1.00 e. The van der Waals surface area contributed by atoms with Crippen LogP contribution >= 0.6 is 120 Å². The van der Waals surface area contributed by atoms with Gasteiger partial charge in [0.1, 0.15) is 51.4 Å². The molecule has 37 heteroatoms. The normalized spacial score (nSPS) is 10.7. The molecular weight excluding hydrogens is 1430 g/mol. The first-order valence-corrected chi connectivity index (χ1v) is 32.2. The van der Waals surface area contributed by atoms with Crippen LogP contribution in [0.15, 0.2) is 79.3 Å². The number of aromatic nitrogens is 9. The Labute approximate surface area is 591 Å². The number of hydrogen-bond acceptors (Lipinski definition) is 20. The molecule has 0 saturated carbocycles. The summed E-state index contributed by atoms with van der Waals surface area (Å²) in [5, 5.41) is 6.41. The van der Waals surface area contributed by atoms with Gasteiger partial charge in [-0.1, -0.05) is 69.6 Å². The number of H-pyrrole nitrogens is 1. The minimum Gasteiger partial charge on any atom is -0.870 e. The van der Waals surface area contributed by atoms with Crippen LogP contribution in [-0.2, 0) is 35.5 Å². The van der Waals surface area contributed by atoms with Crippen molar-refractivity contribution >= 4 is 163 Å². The summed E-state index contributed by atoms with van der Waals surface area (Å²) in [7, 11) is 9.63. The van der Waals surface area contributed by atoms with Crippen LogP contribution in [0.25, 0.3) is 66.5 Å². The van der Waals surface area contributed by atoms with Gasteiger partial charge in [-0.05, 0) is 63.5 Å². The van der Waals surface area contributed by atoms with E-state index in [9.17, 15) is 32.2 Å². The number of pyridine rings is 3. The van der Waals surface area contributed by atoms with Gasteiger partial charge in [-0.3, -0.25) is 37.6 Å². The molecule has 24 nitrogen and oxygen atoms in total. The van der Waals surface area contributed by atoms with Crippen LogP contribution in [0.3, 0.4) is 0 Å². The average Bonchev–Trinajstić information content (AvgIpc) is 1.55. The minimum atomic E-state index is -3.63. The smallest absolute Gasteiger partial charge is 0.870 e. The Morgan fingerprint density at radius 1 is 0.523 bits per heavy atom. The molecule has 0 aliphatic carbocycles. The molecule has 0 spiro atoms. The third kappa shape index (κ3) is 17.7. The van der Waals surface area contributed by atoms with Crippen molar-refractivity contribution in [1.29, 1.82) is 5.26 Å². The molecule has 0 aliphatic rings. The van der Waals surface area contributed by atoms with E-state index in [1.54, 1.807) is 37.4 Å². The number of nitriles is 1. The van der Waals surface area contributed by atoms with Crippen molar-refractivity contribution in [2.75, 3.05) is 48.9 Å². The molecule has 464 valence electrons. The molecule has 9 rings (SSSR count). The number of sulfone groups is 1. The predicted molar refractivity (Wildman–Crippen MR) is 339 cm³/mol. The molecule has 3 aromatic carbocycles. The first-order chi connectivity index (χ1) is 40.3. The Kier molecular flexibility index (Phi) is 29.1. The number of aromatic amines is 1. The van der Waals surface area contributed by atoms with Crippen molar-refractivity contribution in [3.8, 4) is 73.9 Å². The van der Waals surface area contributed by atoms with Crippen LogP contribution in [0.5, 0.6) is 34.5 Å². The Balaban J connectivity index is 0.000000321. The fraction of sp³-hybridized carbons (Fsp3) is 0.216. The third-order valence-electron chi connectivity index (χ3n) is 11.7. The molecule has 0 fully saturated rings. The van der Waals surface area contributed by atoms with Gasteiger partial charge in [-0.2, -0.15) is 15.2 Å². The van der Waals surface area contributed by atoms with E-state index in [4.69, 9.17) is 115 Å². The molecule has 6 aromatic heterocycles. The van der Waals surface area contributed by atoms with Gasteiger partial charge in [0, 0.05) is 104 Å². The summed E-state index contributed by atoms with van der Waals surface area (Å²) in [5.74, 6) is 1.88. The summed E-state index contributed by atoms with van der Waals surface area (Å²) in [4.78, 5) is 72.2. The SMILES string of the molecule is CC#N.COc1cc(OC)c(Cl)c(-c2cc3cnc(=O)[nH]c3n(C)c2=O)c1Cl.COc1cc(OC)c(Cl)c(-c2cc3cnc(Cl)nc3n(C)c2=O)c1Cl.COc1cc(OC)c(Cl)c(-c2cc3cnc(S(C)(=O)=O)nc3n(C)c2=O)c1Cl.O=P(Cl)(Cl)Cl.[K+].[OH-]. The number of methoxy groups -OCH3 is 6. The molecule has 2 N–H and O–H groups in total. The quantitative estimate of drug-likeness (QED) is 0.0756. The van der Waals surface area contributed by atoms with Crippen molar-refractivity contribution in [1.82, 2.24) is 43.6 Å². The third-order valence-corrected chi connectivity index (χ3v) is 15.0. The van der Waals surface area contributed by atoms with Gasteiger partial charge in [-0.15, -0.1) is 0 Å². The van der Waals surface area contributed by atoms with Crippen molar-refractivity contribution in [3.05, 3.63) is 132 Å². The number of halogens is 10. The van der Waals surface area contributed by atoms with E-state index >= 15 is 0 Å². The molecule has 0 bridgehead atoms. The summed E-state index contributed by atoms with van der Waals surface area (Å²) < 4.78 is 68.3. The Morgan fingerprint density at radius 3 is 1.12 bits per heavy atom. The maximum atomic E-state index is 13.0. The van der Waals surface area contributed by atoms with Crippen LogP contribution in [-0.4, -0.2) is 106 Å². The fourth-order valence-corrected chi connectivity index (χ4v) is 10.6. The molecule has 0 saturated heterocycles. The van der Waals surface area contributed by atoms with Gasteiger partial charge >= 0.3 is 62.3 Å². The van der Waals surface area contributed by atoms with E-state index in [-0.39, 0.29) is 148 Å². The minimum absolute atomic E-state index is 0. The molecule has 0 amide bonds. The zero-order chi connectivity index (χ0) is 64.6.